The summed E-state index contributed by atoms with van der Waals surface area (Å²) in [7, 11) is 1.58. The second kappa shape index (κ2) is 7.98. The Bertz CT molecular complexity index is 664. The number of hydrogen-bond acceptors (Lipinski definition) is 3. The van der Waals surface area contributed by atoms with E-state index < -0.39 is 0 Å². The maximum absolute atomic E-state index is 12.2. The number of amides is 2. The van der Waals surface area contributed by atoms with E-state index in [0.717, 1.165) is 12.2 Å². The summed E-state index contributed by atoms with van der Waals surface area (Å²) in [6.07, 6.45) is 0.939. The zero-order valence-electron chi connectivity index (χ0n) is 13.3. The van der Waals surface area contributed by atoms with Crippen molar-refractivity contribution in [2.24, 2.45) is 0 Å². The molecule has 0 aliphatic carbocycles. The Morgan fingerprint density at radius 2 is 1.48 bits per heavy atom. The van der Waals surface area contributed by atoms with E-state index >= 15 is 0 Å². The molecule has 23 heavy (non-hydrogen) atoms. The fourth-order valence-electron chi connectivity index (χ4n) is 1.97. The molecule has 2 N–H and O–H groups in total. The first-order valence-corrected chi connectivity index (χ1v) is 7.50. The highest BCUT2D eigenvalue weighted by Gasteiger charge is 2.07. The second-order valence-corrected chi connectivity index (χ2v) is 4.98. The topological polar surface area (TPSA) is 67.4 Å². The van der Waals surface area contributed by atoms with Gasteiger partial charge in [0.25, 0.3) is 11.8 Å². The van der Waals surface area contributed by atoms with Crippen LogP contribution in [0.2, 0.25) is 0 Å². The molecule has 120 valence electrons. The van der Waals surface area contributed by atoms with Gasteiger partial charge < -0.3 is 15.4 Å². The van der Waals surface area contributed by atoms with E-state index in [2.05, 4.69) is 10.6 Å². The highest BCUT2D eigenvalue weighted by Crippen LogP contribution is 2.15. The van der Waals surface area contributed by atoms with Gasteiger partial charge in [0, 0.05) is 23.9 Å². The van der Waals surface area contributed by atoms with Crippen LogP contribution in [0.4, 0.5) is 5.69 Å². The fourth-order valence-corrected chi connectivity index (χ4v) is 1.97. The van der Waals surface area contributed by atoms with Crippen molar-refractivity contribution >= 4 is 17.5 Å². The minimum Gasteiger partial charge on any atom is -0.494 e. The largest absolute Gasteiger partial charge is 0.494 e. The molecule has 0 saturated heterocycles. The standard InChI is InChI=1S/C18H20N2O3/c1-3-12-23-16-10-6-14(7-11-16)18(22)20-15-8-4-13(5-9-15)17(21)19-2/h4-11H,3,12H2,1-2H3,(H,19,21)(H,20,22). The van der Waals surface area contributed by atoms with E-state index in [1.807, 2.05) is 6.92 Å². The summed E-state index contributed by atoms with van der Waals surface area (Å²) in [5, 5.41) is 5.34. The first kappa shape index (κ1) is 16.5. The molecule has 0 heterocycles. The predicted molar refractivity (Wildman–Crippen MR) is 90.0 cm³/mol. The Morgan fingerprint density at radius 1 is 0.913 bits per heavy atom. The minimum absolute atomic E-state index is 0.162. The summed E-state index contributed by atoms with van der Waals surface area (Å²) in [5.74, 6) is 0.378. The molecule has 0 bridgehead atoms. The number of benzene rings is 2. The third-order valence-electron chi connectivity index (χ3n) is 3.22. The van der Waals surface area contributed by atoms with Gasteiger partial charge in [0.15, 0.2) is 0 Å². The molecule has 2 amide bonds. The van der Waals surface area contributed by atoms with Gasteiger partial charge in [-0.15, -0.1) is 0 Å². The quantitative estimate of drug-likeness (QED) is 0.861. The predicted octanol–water partition coefficient (Wildman–Crippen LogP) is 3.09. The molecule has 0 radical (unpaired) electrons. The summed E-state index contributed by atoms with van der Waals surface area (Å²) in [5.41, 5.74) is 1.72. The van der Waals surface area contributed by atoms with Crippen LogP contribution in [0, 0.1) is 0 Å². The third-order valence-corrected chi connectivity index (χ3v) is 3.22. The van der Waals surface area contributed by atoms with E-state index in [1.165, 1.54) is 0 Å². The highest BCUT2D eigenvalue weighted by atomic mass is 16.5. The molecule has 2 aromatic carbocycles. The van der Waals surface area contributed by atoms with Gasteiger partial charge in [0.2, 0.25) is 0 Å². The monoisotopic (exact) mass is 312 g/mol. The van der Waals surface area contributed by atoms with Crippen molar-refractivity contribution in [2.75, 3.05) is 19.0 Å². The summed E-state index contributed by atoms with van der Waals surface area (Å²) in [6.45, 7) is 2.69. The molecule has 5 heteroatoms. The molecule has 0 aromatic heterocycles. The Hall–Kier alpha value is -2.82. The smallest absolute Gasteiger partial charge is 0.255 e. The van der Waals surface area contributed by atoms with Crippen molar-refractivity contribution in [1.29, 1.82) is 0 Å². The lowest BCUT2D eigenvalue weighted by molar-refractivity contribution is 0.0962. The molecule has 0 aliphatic heterocycles. The number of carbonyl (C=O) groups is 2. The normalized spacial score (nSPS) is 10.0. The highest BCUT2D eigenvalue weighted by molar-refractivity contribution is 6.04. The summed E-state index contributed by atoms with van der Waals surface area (Å²) in [4.78, 5) is 23.6. The molecular formula is C18H20N2O3. The molecule has 5 nitrogen and oxygen atoms in total. The minimum atomic E-state index is -0.209. The van der Waals surface area contributed by atoms with Crippen LogP contribution in [0.1, 0.15) is 34.1 Å². The first-order valence-electron chi connectivity index (χ1n) is 7.50. The van der Waals surface area contributed by atoms with E-state index in [4.69, 9.17) is 4.74 Å². The van der Waals surface area contributed by atoms with Gasteiger partial charge in [0.05, 0.1) is 6.61 Å². The Balaban J connectivity index is 1.99. The molecular weight excluding hydrogens is 292 g/mol. The number of anilines is 1. The van der Waals surface area contributed by atoms with Crippen LogP contribution in [-0.4, -0.2) is 25.5 Å². The van der Waals surface area contributed by atoms with Gasteiger partial charge in [-0.2, -0.15) is 0 Å². The van der Waals surface area contributed by atoms with Crippen molar-refractivity contribution in [2.45, 2.75) is 13.3 Å². The van der Waals surface area contributed by atoms with E-state index in [0.29, 0.717) is 23.4 Å². The lowest BCUT2D eigenvalue weighted by Crippen LogP contribution is -2.17. The van der Waals surface area contributed by atoms with E-state index in [1.54, 1.807) is 55.6 Å². The van der Waals surface area contributed by atoms with Crippen LogP contribution in [0.15, 0.2) is 48.5 Å². The van der Waals surface area contributed by atoms with Crippen LogP contribution in [0.5, 0.6) is 5.75 Å². The average molecular weight is 312 g/mol. The van der Waals surface area contributed by atoms with Crippen LogP contribution >= 0.6 is 0 Å². The average Bonchev–Trinajstić information content (AvgIpc) is 2.60. The summed E-state index contributed by atoms with van der Waals surface area (Å²) >= 11 is 0. The number of rotatable bonds is 6. The SMILES string of the molecule is CCCOc1ccc(C(=O)Nc2ccc(C(=O)NC)cc2)cc1. The lowest BCUT2D eigenvalue weighted by Gasteiger charge is -2.08. The Kier molecular flexibility index (Phi) is 5.74. The van der Waals surface area contributed by atoms with E-state index in [-0.39, 0.29) is 11.8 Å². The molecule has 0 fully saturated rings. The molecule has 2 rings (SSSR count). The molecule has 0 spiro atoms. The van der Waals surface area contributed by atoms with E-state index in [9.17, 15) is 9.59 Å². The third kappa shape index (κ3) is 4.57. The van der Waals surface area contributed by atoms with Gasteiger partial charge in [-0.3, -0.25) is 9.59 Å². The van der Waals surface area contributed by atoms with Crippen LogP contribution in [0.3, 0.4) is 0 Å². The molecule has 0 unspecified atom stereocenters. The Labute approximate surface area is 135 Å². The van der Waals surface area contributed by atoms with Crippen LogP contribution < -0.4 is 15.4 Å². The van der Waals surface area contributed by atoms with Gasteiger partial charge in [0.1, 0.15) is 5.75 Å². The van der Waals surface area contributed by atoms with Crippen molar-refractivity contribution in [1.82, 2.24) is 5.32 Å². The van der Waals surface area contributed by atoms with Gasteiger partial charge in [-0.1, -0.05) is 6.92 Å². The number of carbonyl (C=O) groups excluding carboxylic acids is 2. The maximum Gasteiger partial charge on any atom is 0.255 e. The van der Waals surface area contributed by atoms with Crippen molar-refractivity contribution in [3.63, 3.8) is 0 Å². The molecule has 2 aromatic rings. The van der Waals surface area contributed by atoms with Crippen LogP contribution in [-0.2, 0) is 0 Å². The van der Waals surface area contributed by atoms with Crippen molar-refractivity contribution < 1.29 is 14.3 Å². The van der Waals surface area contributed by atoms with Crippen LogP contribution in [0.25, 0.3) is 0 Å². The van der Waals surface area contributed by atoms with Gasteiger partial charge in [-0.05, 0) is 55.0 Å². The number of ether oxygens (including phenoxy) is 1. The van der Waals surface area contributed by atoms with Crippen molar-refractivity contribution in [3.8, 4) is 5.75 Å². The van der Waals surface area contributed by atoms with Gasteiger partial charge >= 0.3 is 0 Å². The molecule has 0 saturated carbocycles. The Morgan fingerprint density at radius 3 is 2.04 bits per heavy atom. The zero-order valence-corrected chi connectivity index (χ0v) is 13.3. The lowest BCUT2D eigenvalue weighted by atomic mass is 10.1. The fraction of sp³-hybridized carbons (Fsp3) is 0.222. The number of nitrogens with one attached hydrogen (secondary N) is 2. The zero-order chi connectivity index (χ0) is 16.7. The molecule has 0 atom stereocenters. The number of hydrogen-bond donors (Lipinski definition) is 2. The maximum atomic E-state index is 12.2. The summed E-state index contributed by atoms with van der Waals surface area (Å²) in [6, 6.07) is 13.7. The first-order chi connectivity index (χ1) is 11.1. The van der Waals surface area contributed by atoms with Gasteiger partial charge in [-0.25, -0.2) is 0 Å². The molecule has 0 aliphatic rings. The summed E-state index contributed by atoms with van der Waals surface area (Å²) < 4.78 is 5.48. The second-order valence-electron chi connectivity index (χ2n) is 4.98. The van der Waals surface area contributed by atoms with Crippen molar-refractivity contribution in [3.05, 3.63) is 59.7 Å².